The number of Topliss-reactive ketones (excluding diaryl/α,β-unsaturated/α-hetero) is 1. The van der Waals surface area contributed by atoms with Crippen molar-refractivity contribution in [2.24, 2.45) is 40.4 Å². The summed E-state index contributed by atoms with van der Waals surface area (Å²) in [5, 5.41) is 11.0. The zero-order valence-corrected chi connectivity index (χ0v) is 14.0. The first-order valence-corrected chi connectivity index (χ1v) is 9.32. The number of aliphatic hydroxyl groups excluding tert-OH is 1. The van der Waals surface area contributed by atoms with Gasteiger partial charge in [0.05, 0.1) is 6.10 Å². The first-order valence-electron chi connectivity index (χ1n) is 9.32. The van der Waals surface area contributed by atoms with E-state index in [1.165, 1.54) is 5.57 Å². The predicted molar refractivity (Wildman–Crippen MR) is 85.5 cm³/mol. The number of hydrogen-bond donors (Lipinski definition) is 1. The molecule has 0 bridgehead atoms. The van der Waals surface area contributed by atoms with Crippen LogP contribution in [0.4, 0.5) is 0 Å². The zero-order chi connectivity index (χ0) is 16.1. The van der Waals surface area contributed by atoms with Crippen molar-refractivity contribution in [1.29, 1.82) is 0 Å². The van der Waals surface area contributed by atoms with Gasteiger partial charge in [-0.3, -0.25) is 9.59 Å². The maximum atomic E-state index is 12.8. The minimum absolute atomic E-state index is 0.0341. The van der Waals surface area contributed by atoms with E-state index in [4.69, 9.17) is 0 Å². The number of fused-ring (bicyclic) bond motifs is 7. The lowest BCUT2D eigenvalue weighted by Gasteiger charge is -2.59. The average molecular weight is 314 g/mol. The summed E-state index contributed by atoms with van der Waals surface area (Å²) in [4.78, 5) is 24.6. The first kappa shape index (κ1) is 14.4. The number of hydrogen-bond acceptors (Lipinski definition) is 3. The van der Waals surface area contributed by atoms with Crippen LogP contribution in [0.2, 0.25) is 0 Å². The van der Waals surface area contributed by atoms with Crippen LogP contribution in [0.15, 0.2) is 11.6 Å². The number of rotatable bonds is 0. The Balaban J connectivity index is 1.59. The quantitative estimate of drug-likeness (QED) is 0.748. The molecule has 0 spiro atoms. The fourth-order valence-electron chi connectivity index (χ4n) is 7.36. The topological polar surface area (TPSA) is 54.4 Å². The highest BCUT2D eigenvalue weighted by molar-refractivity contribution is 5.93. The normalized spacial score (nSPS) is 57.1. The van der Waals surface area contributed by atoms with Crippen molar-refractivity contribution in [1.82, 2.24) is 0 Å². The van der Waals surface area contributed by atoms with Crippen LogP contribution in [0, 0.1) is 40.4 Å². The fourth-order valence-corrected chi connectivity index (χ4v) is 7.36. The van der Waals surface area contributed by atoms with Gasteiger partial charge in [0.25, 0.3) is 0 Å². The highest BCUT2D eigenvalue weighted by Gasteiger charge is 2.71. The van der Waals surface area contributed by atoms with Gasteiger partial charge in [-0.2, -0.15) is 0 Å². The summed E-state index contributed by atoms with van der Waals surface area (Å²) in [6, 6.07) is 0. The van der Waals surface area contributed by atoms with E-state index in [0.29, 0.717) is 42.3 Å². The lowest BCUT2D eigenvalue weighted by atomic mass is 9.46. The molecule has 5 aliphatic rings. The van der Waals surface area contributed by atoms with Gasteiger partial charge in [-0.15, -0.1) is 0 Å². The molecular formula is C20H26O3. The molecule has 0 radical (unpaired) electrons. The van der Waals surface area contributed by atoms with Gasteiger partial charge < -0.3 is 5.11 Å². The number of carbonyl (C=O) groups excluding carboxylic acids is 2. The van der Waals surface area contributed by atoms with Crippen LogP contribution in [0.25, 0.3) is 0 Å². The minimum Gasteiger partial charge on any atom is -0.393 e. The lowest BCUT2D eigenvalue weighted by Crippen LogP contribution is -2.57. The Morgan fingerprint density at radius 2 is 1.87 bits per heavy atom. The van der Waals surface area contributed by atoms with E-state index in [1.54, 1.807) is 0 Å². The molecule has 124 valence electrons. The molecule has 1 N–H and O–H groups in total. The minimum atomic E-state index is -0.399. The van der Waals surface area contributed by atoms with Gasteiger partial charge in [0.15, 0.2) is 5.78 Å². The highest BCUT2D eigenvalue weighted by atomic mass is 16.3. The second-order valence-corrected chi connectivity index (χ2v) is 9.37. The van der Waals surface area contributed by atoms with Gasteiger partial charge in [-0.05, 0) is 67.3 Å². The molecule has 8 atom stereocenters. The number of allylic oxidation sites excluding steroid dienone is 1. The molecule has 4 saturated carbocycles. The molecule has 5 rings (SSSR count). The summed E-state index contributed by atoms with van der Waals surface area (Å²) in [6.07, 6.45) is 6.73. The van der Waals surface area contributed by atoms with Crippen LogP contribution in [0.1, 0.15) is 52.4 Å². The molecule has 0 aromatic heterocycles. The Kier molecular flexibility index (Phi) is 2.61. The number of ketones is 2. The molecule has 0 aromatic rings. The van der Waals surface area contributed by atoms with Crippen molar-refractivity contribution in [2.75, 3.05) is 0 Å². The van der Waals surface area contributed by atoms with E-state index in [1.807, 2.05) is 6.08 Å². The molecule has 0 unspecified atom stereocenters. The molecule has 5 aliphatic carbocycles. The van der Waals surface area contributed by atoms with E-state index in [2.05, 4.69) is 13.8 Å². The maximum Gasteiger partial charge on any atom is 0.155 e. The molecule has 4 fully saturated rings. The Labute approximate surface area is 137 Å². The predicted octanol–water partition coefficient (Wildman–Crippen LogP) is 2.91. The third-order valence-electron chi connectivity index (χ3n) is 8.35. The van der Waals surface area contributed by atoms with Gasteiger partial charge in [0, 0.05) is 17.8 Å². The number of carbonyl (C=O) groups is 2. The molecule has 0 aromatic carbocycles. The maximum absolute atomic E-state index is 12.8. The first-order chi connectivity index (χ1) is 10.9. The largest absolute Gasteiger partial charge is 0.393 e. The molecule has 3 heteroatoms. The second kappa shape index (κ2) is 4.17. The van der Waals surface area contributed by atoms with Crippen molar-refractivity contribution in [3.63, 3.8) is 0 Å². The molecular weight excluding hydrogens is 288 g/mol. The Morgan fingerprint density at radius 1 is 1.09 bits per heavy atom. The van der Waals surface area contributed by atoms with Gasteiger partial charge in [0.2, 0.25) is 0 Å². The van der Waals surface area contributed by atoms with Crippen LogP contribution in [-0.2, 0) is 9.59 Å². The van der Waals surface area contributed by atoms with E-state index in [-0.39, 0.29) is 22.5 Å². The van der Waals surface area contributed by atoms with Crippen molar-refractivity contribution >= 4 is 11.6 Å². The summed E-state index contributed by atoms with van der Waals surface area (Å²) in [6.45, 7) is 4.40. The van der Waals surface area contributed by atoms with Crippen LogP contribution in [-0.4, -0.2) is 22.8 Å². The number of aliphatic hydroxyl groups is 1. The highest BCUT2D eigenvalue weighted by Crippen LogP contribution is 2.71. The van der Waals surface area contributed by atoms with E-state index in [9.17, 15) is 14.7 Å². The van der Waals surface area contributed by atoms with Crippen LogP contribution in [0.3, 0.4) is 0 Å². The molecule has 0 saturated heterocycles. The lowest BCUT2D eigenvalue weighted by molar-refractivity contribution is -0.152. The Bertz CT molecular complexity index is 649. The van der Waals surface area contributed by atoms with Crippen molar-refractivity contribution in [3.05, 3.63) is 11.6 Å². The molecule has 23 heavy (non-hydrogen) atoms. The Hall–Kier alpha value is -0.960. The van der Waals surface area contributed by atoms with Crippen molar-refractivity contribution in [2.45, 2.75) is 58.5 Å². The second-order valence-electron chi connectivity index (χ2n) is 9.37. The average Bonchev–Trinajstić information content (AvgIpc) is 3.22. The van der Waals surface area contributed by atoms with Crippen molar-refractivity contribution in [3.8, 4) is 0 Å². The summed E-state index contributed by atoms with van der Waals surface area (Å²) < 4.78 is 0. The zero-order valence-electron chi connectivity index (χ0n) is 14.0. The van der Waals surface area contributed by atoms with E-state index in [0.717, 1.165) is 25.7 Å². The van der Waals surface area contributed by atoms with E-state index < -0.39 is 6.10 Å². The van der Waals surface area contributed by atoms with Crippen LogP contribution >= 0.6 is 0 Å². The molecule has 0 amide bonds. The summed E-state index contributed by atoms with van der Waals surface area (Å²) in [7, 11) is 0. The van der Waals surface area contributed by atoms with Crippen molar-refractivity contribution < 1.29 is 14.7 Å². The van der Waals surface area contributed by atoms with Gasteiger partial charge in [0.1, 0.15) is 5.78 Å². The third-order valence-corrected chi connectivity index (χ3v) is 8.35. The van der Waals surface area contributed by atoms with Crippen LogP contribution < -0.4 is 0 Å². The summed E-state index contributed by atoms with van der Waals surface area (Å²) >= 11 is 0. The van der Waals surface area contributed by atoms with Gasteiger partial charge in [-0.1, -0.05) is 19.4 Å². The third kappa shape index (κ3) is 1.60. The standard InChI is InChI=1S/C20H26O3/c1-19-6-5-11(21)7-10(19)3-4-12-16-13-8-14(13)18(23)20(16,2)9-15(22)17(12)19/h7,12-17,22H,3-6,8-9H2,1-2H3/t12-,13+,14-,15+,16+,17+,19-,20-/m0/s1. The summed E-state index contributed by atoms with van der Waals surface area (Å²) in [5.41, 5.74) is 0.957. The fraction of sp³-hybridized carbons (Fsp3) is 0.800. The molecule has 0 aliphatic heterocycles. The SMILES string of the molecule is C[C@]12CCC(=O)C=C1CC[C@@H]1[C@@H]2[C@H](O)C[C@]2(C)C(=O)[C@H]3C[C@H]3[C@@H]12. The Morgan fingerprint density at radius 3 is 2.65 bits per heavy atom. The van der Waals surface area contributed by atoms with Gasteiger partial charge >= 0.3 is 0 Å². The molecule has 3 nitrogen and oxygen atoms in total. The van der Waals surface area contributed by atoms with Crippen LogP contribution in [0.5, 0.6) is 0 Å². The summed E-state index contributed by atoms with van der Waals surface area (Å²) in [5.74, 6) is 2.76. The van der Waals surface area contributed by atoms with E-state index >= 15 is 0 Å². The monoisotopic (exact) mass is 314 g/mol. The smallest absolute Gasteiger partial charge is 0.155 e. The van der Waals surface area contributed by atoms with Gasteiger partial charge in [-0.25, -0.2) is 0 Å². The molecule has 0 heterocycles.